The molecule has 1 spiro atoms. The summed E-state index contributed by atoms with van der Waals surface area (Å²) in [5, 5.41) is 3.97. The van der Waals surface area contributed by atoms with Gasteiger partial charge in [-0.1, -0.05) is 66.7 Å². The number of piperidine rings is 1. The van der Waals surface area contributed by atoms with E-state index in [1.807, 2.05) is 24.3 Å². The maximum atomic E-state index is 11.6. The van der Waals surface area contributed by atoms with Crippen LogP contribution < -0.4 is 10.1 Å². The predicted octanol–water partition coefficient (Wildman–Crippen LogP) is 5.71. The van der Waals surface area contributed by atoms with Crippen LogP contribution in [0.4, 0.5) is 4.79 Å². The number of hydrogen-bond acceptors (Lipinski definition) is 5. The number of rotatable bonds is 8. The van der Waals surface area contributed by atoms with Gasteiger partial charge in [0.05, 0.1) is 17.8 Å². The Balaban J connectivity index is 1.12. The van der Waals surface area contributed by atoms with E-state index in [9.17, 15) is 4.79 Å². The van der Waals surface area contributed by atoms with Gasteiger partial charge in [0, 0.05) is 43.8 Å². The predicted molar refractivity (Wildman–Crippen MR) is 148 cm³/mol. The summed E-state index contributed by atoms with van der Waals surface area (Å²) in [6, 6.07) is 31.5. The number of para-hydroxylation sites is 1. The molecule has 4 aromatic rings. The minimum Gasteiger partial charge on any atom is -0.487 e. The third-order valence-electron chi connectivity index (χ3n) is 7.83. The lowest BCUT2D eigenvalue weighted by molar-refractivity contribution is -0.000392. The van der Waals surface area contributed by atoms with Gasteiger partial charge in [0.1, 0.15) is 18.0 Å². The first-order valence-electron chi connectivity index (χ1n) is 13.4. The van der Waals surface area contributed by atoms with Crippen molar-refractivity contribution in [2.24, 2.45) is 0 Å². The summed E-state index contributed by atoms with van der Waals surface area (Å²) in [5.41, 5.74) is 4.22. The molecule has 0 radical (unpaired) electrons. The Kier molecular flexibility index (Phi) is 6.97. The SMILES string of the molecule is O=C1NCC2(CCN(CC(Cc3ccccc3)c3ccc(OCc4ccc5ccccc5n4)cc3)CC2)O1. The fraction of sp³-hybridized carbons (Fsp3) is 0.312. The number of hydrogen-bond donors (Lipinski definition) is 1. The van der Waals surface area contributed by atoms with Crippen molar-refractivity contribution in [3.05, 3.63) is 108 Å². The van der Waals surface area contributed by atoms with Crippen LogP contribution in [0.25, 0.3) is 10.9 Å². The number of amides is 1. The molecule has 38 heavy (non-hydrogen) atoms. The van der Waals surface area contributed by atoms with Crippen molar-refractivity contribution in [1.29, 1.82) is 0 Å². The highest BCUT2D eigenvalue weighted by Gasteiger charge is 2.43. The van der Waals surface area contributed by atoms with Crippen molar-refractivity contribution < 1.29 is 14.3 Å². The van der Waals surface area contributed by atoms with Crippen LogP contribution in [-0.2, 0) is 17.8 Å². The van der Waals surface area contributed by atoms with Gasteiger partial charge in [0.25, 0.3) is 0 Å². The molecule has 1 unspecified atom stereocenters. The topological polar surface area (TPSA) is 63.7 Å². The lowest BCUT2D eigenvalue weighted by Gasteiger charge is -2.38. The van der Waals surface area contributed by atoms with Gasteiger partial charge in [-0.15, -0.1) is 0 Å². The Morgan fingerprint density at radius 3 is 2.45 bits per heavy atom. The lowest BCUT2D eigenvalue weighted by Crippen LogP contribution is -2.47. The smallest absolute Gasteiger partial charge is 0.407 e. The normalized spacial score (nSPS) is 17.7. The van der Waals surface area contributed by atoms with Crippen molar-refractivity contribution in [2.75, 3.05) is 26.2 Å². The Morgan fingerprint density at radius 1 is 0.921 bits per heavy atom. The molecule has 0 aliphatic carbocycles. The van der Waals surface area contributed by atoms with Crippen LogP contribution in [0, 0.1) is 0 Å². The molecular formula is C32H33N3O3. The molecule has 6 nitrogen and oxygen atoms in total. The van der Waals surface area contributed by atoms with Gasteiger partial charge in [-0.2, -0.15) is 0 Å². The zero-order valence-electron chi connectivity index (χ0n) is 21.5. The summed E-state index contributed by atoms with van der Waals surface area (Å²) in [5.74, 6) is 1.20. The minimum absolute atomic E-state index is 0.279. The Morgan fingerprint density at radius 2 is 1.68 bits per heavy atom. The summed E-state index contributed by atoms with van der Waals surface area (Å²) in [7, 11) is 0. The molecule has 0 bridgehead atoms. The molecule has 2 aliphatic rings. The quantitative estimate of drug-likeness (QED) is 0.331. The third-order valence-corrected chi connectivity index (χ3v) is 7.83. The molecule has 3 heterocycles. The zero-order chi connectivity index (χ0) is 25.8. The van der Waals surface area contributed by atoms with Crippen molar-refractivity contribution in [2.45, 2.75) is 37.4 Å². The van der Waals surface area contributed by atoms with E-state index in [0.29, 0.717) is 19.1 Å². The van der Waals surface area contributed by atoms with Gasteiger partial charge >= 0.3 is 6.09 Å². The molecule has 2 saturated heterocycles. The number of benzene rings is 3. The van der Waals surface area contributed by atoms with Crippen LogP contribution in [0.2, 0.25) is 0 Å². The number of ether oxygens (including phenoxy) is 2. The van der Waals surface area contributed by atoms with Gasteiger partial charge < -0.3 is 19.7 Å². The van der Waals surface area contributed by atoms with E-state index >= 15 is 0 Å². The summed E-state index contributed by atoms with van der Waals surface area (Å²) in [6.45, 7) is 3.89. The first-order chi connectivity index (χ1) is 18.6. The van der Waals surface area contributed by atoms with Crippen LogP contribution in [-0.4, -0.2) is 47.8 Å². The molecule has 6 rings (SSSR count). The van der Waals surface area contributed by atoms with Crippen LogP contribution in [0.15, 0.2) is 91.0 Å². The maximum Gasteiger partial charge on any atom is 0.407 e. The van der Waals surface area contributed by atoms with E-state index in [0.717, 1.165) is 61.2 Å². The molecule has 1 N–H and O–H groups in total. The molecule has 6 heteroatoms. The first kappa shape index (κ1) is 24.4. The van der Waals surface area contributed by atoms with Gasteiger partial charge in [-0.25, -0.2) is 9.78 Å². The number of aromatic nitrogens is 1. The van der Waals surface area contributed by atoms with E-state index in [2.05, 4.69) is 76.9 Å². The molecule has 2 aliphatic heterocycles. The van der Waals surface area contributed by atoms with E-state index < -0.39 is 0 Å². The molecule has 1 aromatic heterocycles. The van der Waals surface area contributed by atoms with E-state index in [-0.39, 0.29) is 11.7 Å². The second kappa shape index (κ2) is 10.8. The van der Waals surface area contributed by atoms with E-state index in [1.54, 1.807) is 0 Å². The van der Waals surface area contributed by atoms with Crippen molar-refractivity contribution in [3.63, 3.8) is 0 Å². The average molecular weight is 508 g/mol. The fourth-order valence-corrected chi connectivity index (χ4v) is 5.60. The molecule has 194 valence electrons. The lowest BCUT2D eigenvalue weighted by atomic mass is 9.88. The number of likely N-dealkylation sites (tertiary alicyclic amines) is 1. The summed E-state index contributed by atoms with van der Waals surface area (Å²) in [4.78, 5) is 18.8. The Labute approximate surface area is 223 Å². The molecule has 3 aromatic carbocycles. The summed E-state index contributed by atoms with van der Waals surface area (Å²) in [6.07, 6.45) is 2.44. The van der Waals surface area contributed by atoms with Crippen LogP contribution in [0.1, 0.15) is 35.6 Å². The second-order valence-corrected chi connectivity index (χ2v) is 10.5. The van der Waals surface area contributed by atoms with Crippen LogP contribution in [0.5, 0.6) is 5.75 Å². The standard InChI is InChI=1S/C32H33N3O3/c36-31-33-23-32(38-31)16-18-35(19-17-32)21-27(20-24-6-2-1-3-7-24)25-11-14-29(15-12-25)37-22-28-13-10-26-8-4-5-9-30(26)34-28/h1-15,27H,16-23H2,(H,33,36). The highest BCUT2D eigenvalue weighted by atomic mass is 16.6. The molecule has 2 fully saturated rings. The number of pyridine rings is 1. The minimum atomic E-state index is -0.318. The average Bonchev–Trinajstić information content (AvgIpc) is 3.33. The van der Waals surface area contributed by atoms with Crippen molar-refractivity contribution in [3.8, 4) is 5.75 Å². The maximum absolute atomic E-state index is 11.6. The monoisotopic (exact) mass is 507 g/mol. The molecular weight excluding hydrogens is 474 g/mol. The Hall–Kier alpha value is -3.90. The fourth-order valence-electron chi connectivity index (χ4n) is 5.60. The number of alkyl carbamates (subject to hydrolysis) is 1. The third kappa shape index (κ3) is 5.65. The Bertz CT molecular complexity index is 1380. The number of nitrogens with zero attached hydrogens (tertiary/aromatic N) is 2. The number of carbonyl (C=O) groups is 1. The highest BCUT2D eigenvalue weighted by Crippen LogP contribution is 2.32. The van der Waals surface area contributed by atoms with E-state index in [4.69, 9.17) is 14.5 Å². The van der Waals surface area contributed by atoms with Crippen molar-refractivity contribution in [1.82, 2.24) is 15.2 Å². The molecule has 1 atom stereocenters. The van der Waals surface area contributed by atoms with Gasteiger partial charge in [0.2, 0.25) is 0 Å². The first-order valence-corrected chi connectivity index (χ1v) is 13.4. The molecule has 1 amide bonds. The number of carbonyl (C=O) groups excluding carboxylic acids is 1. The number of fused-ring (bicyclic) bond motifs is 1. The van der Waals surface area contributed by atoms with Gasteiger partial charge in [-0.3, -0.25) is 0 Å². The van der Waals surface area contributed by atoms with Crippen LogP contribution >= 0.6 is 0 Å². The highest BCUT2D eigenvalue weighted by molar-refractivity contribution is 5.78. The van der Waals surface area contributed by atoms with Gasteiger partial charge in [0.15, 0.2) is 0 Å². The molecule has 0 saturated carbocycles. The summed E-state index contributed by atoms with van der Waals surface area (Å²) >= 11 is 0. The van der Waals surface area contributed by atoms with E-state index in [1.165, 1.54) is 11.1 Å². The van der Waals surface area contributed by atoms with Gasteiger partial charge in [-0.05, 0) is 41.8 Å². The van der Waals surface area contributed by atoms with Crippen LogP contribution in [0.3, 0.4) is 0 Å². The largest absolute Gasteiger partial charge is 0.487 e. The zero-order valence-corrected chi connectivity index (χ0v) is 21.5. The number of nitrogens with one attached hydrogen (secondary N) is 1. The van der Waals surface area contributed by atoms with Crippen molar-refractivity contribution >= 4 is 17.0 Å². The summed E-state index contributed by atoms with van der Waals surface area (Å²) < 4.78 is 11.7. The second-order valence-electron chi connectivity index (χ2n) is 10.5.